The molecule has 2 aromatic carbocycles. The van der Waals surface area contributed by atoms with E-state index in [0.717, 1.165) is 22.4 Å². The summed E-state index contributed by atoms with van der Waals surface area (Å²) < 4.78 is 6.55. The number of hydrogen-bond acceptors (Lipinski definition) is 5. The normalized spacial score (nSPS) is 11.6. The molecule has 6 heteroatoms. The van der Waals surface area contributed by atoms with Crippen LogP contribution in [0.5, 0.6) is 0 Å². The van der Waals surface area contributed by atoms with Crippen molar-refractivity contribution in [3.63, 3.8) is 0 Å². The third kappa shape index (κ3) is 5.43. The highest BCUT2D eigenvalue weighted by Gasteiger charge is 2.07. The number of aliphatic imine (C=N–C) groups is 1. The molecule has 0 radical (unpaired) electrons. The quantitative estimate of drug-likeness (QED) is 0.330. The van der Waals surface area contributed by atoms with Gasteiger partial charge in [-0.15, -0.1) is 0 Å². The van der Waals surface area contributed by atoms with E-state index in [1.54, 1.807) is 43.7 Å². The molecule has 6 nitrogen and oxygen atoms in total. The maximum atomic E-state index is 12.4. The van der Waals surface area contributed by atoms with Gasteiger partial charge >= 0.3 is 0 Å². The summed E-state index contributed by atoms with van der Waals surface area (Å²) in [7, 11) is 1.56. The van der Waals surface area contributed by atoms with Gasteiger partial charge in [0.2, 0.25) is 0 Å². The van der Waals surface area contributed by atoms with Gasteiger partial charge in [-0.2, -0.15) is 10.4 Å². The van der Waals surface area contributed by atoms with Crippen LogP contribution in [0.4, 0.5) is 0 Å². The largest absolute Gasteiger partial charge is 0.495 e. The van der Waals surface area contributed by atoms with Gasteiger partial charge < -0.3 is 4.74 Å². The summed E-state index contributed by atoms with van der Waals surface area (Å²) in [6, 6.07) is 20.2. The van der Waals surface area contributed by atoms with Gasteiger partial charge in [-0.25, -0.2) is 4.68 Å². The number of ether oxygens (including phenoxy) is 1. The summed E-state index contributed by atoms with van der Waals surface area (Å²) in [5.74, 6) is 0.573. The molecule has 1 heterocycles. The van der Waals surface area contributed by atoms with Crippen LogP contribution in [0, 0.1) is 11.3 Å². The first-order chi connectivity index (χ1) is 15.0. The van der Waals surface area contributed by atoms with Crippen molar-refractivity contribution in [2.45, 2.75) is 13.5 Å². The van der Waals surface area contributed by atoms with Crippen LogP contribution in [0.2, 0.25) is 0 Å². The Morgan fingerprint density at radius 2 is 2.03 bits per heavy atom. The Labute approximate surface area is 181 Å². The third-order valence-corrected chi connectivity index (χ3v) is 4.65. The highest BCUT2D eigenvalue weighted by atomic mass is 16.5. The molecular weight excluding hydrogens is 388 g/mol. The van der Waals surface area contributed by atoms with Crippen LogP contribution in [-0.2, 0) is 11.3 Å². The van der Waals surface area contributed by atoms with E-state index >= 15 is 0 Å². The van der Waals surface area contributed by atoms with E-state index in [0.29, 0.717) is 23.6 Å². The Balaban J connectivity index is 1.89. The van der Waals surface area contributed by atoms with Crippen molar-refractivity contribution in [3.05, 3.63) is 112 Å². The van der Waals surface area contributed by atoms with Crippen molar-refractivity contribution >= 4 is 5.71 Å². The lowest BCUT2D eigenvalue weighted by molar-refractivity contribution is 0.306. The lowest BCUT2D eigenvalue weighted by atomic mass is 10.1. The molecule has 0 amide bonds. The first-order valence-corrected chi connectivity index (χ1v) is 9.63. The molecule has 0 saturated heterocycles. The van der Waals surface area contributed by atoms with Crippen LogP contribution in [0.1, 0.15) is 23.6 Å². The molecule has 3 rings (SSSR count). The van der Waals surface area contributed by atoms with Gasteiger partial charge in [0.15, 0.2) is 0 Å². The number of hydrogen-bond donors (Lipinski definition) is 0. The van der Waals surface area contributed by atoms with E-state index in [9.17, 15) is 4.79 Å². The molecule has 3 aromatic rings. The van der Waals surface area contributed by atoms with Crippen molar-refractivity contribution in [3.8, 4) is 17.3 Å². The summed E-state index contributed by atoms with van der Waals surface area (Å²) >= 11 is 0. The lowest BCUT2D eigenvalue weighted by Crippen LogP contribution is -2.23. The number of aromatic nitrogens is 2. The van der Waals surface area contributed by atoms with E-state index in [4.69, 9.17) is 10.00 Å². The zero-order valence-corrected chi connectivity index (χ0v) is 17.4. The molecule has 154 valence electrons. The maximum Gasteiger partial charge on any atom is 0.267 e. The molecule has 0 saturated carbocycles. The lowest BCUT2D eigenvalue weighted by Gasteiger charge is -2.09. The second kappa shape index (κ2) is 9.99. The van der Waals surface area contributed by atoms with Crippen molar-refractivity contribution in [1.82, 2.24) is 9.78 Å². The Morgan fingerprint density at radius 3 is 2.77 bits per heavy atom. The minimum Gasteiger partial charge on any atom is -0.495 e. The van der Waals surface area contributed by atoms with Crippen LogP contribution >= 0.6 is 0 Å². The predicted octanol–water partition coefficient (Wildman–Crippen LogP) is 4.31. The minimum absolute atomic E-state index is 0.199. The Kier molecular flexibility index (Phi) is 6.92. The van der Waals surface area contributed by atoms with Crippen LogP contribution in [0.3, 0.4) is 0 Å². The van der Waals surface area contributed by atoms with Crippen LogP contribution < -0.4 is 5.56 Å². The van der Waals surface area contributed by atoms with Gasteiger partial charge in [0.1, 0.15) is 5.76 Å². The van der Waals surface area contributed by atoms with E-state index in [-0.39, 0.29) is 5.56 Å². The van der Waals surface area contributed by atoms with E-state index in [1.165, 1.54) is 10.7 Å². The summed E-state index contributed by atoms with van der Waals surface area (Å²) in [4.78, 5) is 16.8. The van der Waals surface area contributed by atoms with Crippen LogP contribution in [0.15, 0.2) is 95.1 Å². The molecule has 0 spiro atoms. The van der Waals surface area contributed by atoms with Gasteiger partial charge in [0.25, 0.3) is 5.56 Å². The molecule has 0 aliphatic carbocycles. The molecule has 0 unspecified atom stereocenters. The van der Waals surface area contributed by atoms with Gasteiger partial charge in [-0.3, -0.25) is 9.79 Å². The molecule has 0 atom stereocenters. The van der Waals surface area contributed by atoms with Gasteiger partial charge in [-0.1, -0.05) is 36.9 Å². The summed E-state index contributed by atoms with van der Waals surface area (Å²) in [6.45, 7) is 5.89. The van der Waals surface area contributed by atoms with E-state index in [2.05, 4.69) is 22.7 Å². The fourth-order valence-electron chi connectivity index (χ4n) is 2.96. The van der Waals surface area contributed by atoms with Gasteiger partial charge in [-0.05, 0) is 48.4 Å². The number of nitrogens with zero attached hydrogens (tertiary/aromatic N) is 4. The summed E-state index contributed by atoms with van der Waals surface area (Å²) in [5, 5.41) is 13.6. The topological polar surface area (TPSA) is 80.3 Å². The minimum atomic E-state index is -0.199. The van der Waals surface area contributed by atoms with Crippen molar-refractivity contribution in [2.75, 3.05) is 7.11 Å². The first-order valence-electron chi connectivity index (χ1n) is 9.63. The molecule has 0 aliphatic heterocycles. The third-order valence-electron chi connectivity index (χ3n) is 4.65. The van der Waals surface area contributed by atoms with Gasteiger partial charge in [0.05, 0.1) is 37.2 Å². The average Bonchev–Trinajstić information content (AvgIpc) is 2.81. The van der Waals surface area contributed by atoms with Crippen molar-refractivity contribution in [1.29, 1.82) is 5.26 Å². The maximum absolute atomic E-state index is 12.4. The fraction of sp³-hybridized carbons (Fsp3) is 0.120. The molecule has 0 N–H and O–H groups in total. The highest BCUT2D eigenvalue weighted by molar-refractivity contribution is 5.99. The zero-order valence-electron chi connectivity index (χ0n) is 17.4. The highest BCUT2D eigenvalue weighted by Crippen LogP contribution is 2.17. The predicted molar refractivity (Wildman–Crippen MR) is 122 cm³/mol. The standard InChI is InChI=1S/C25H22N4O2/c1-4-23(31-3)16-27-18(2)21-9-6-8-20(14-21)17-29-25(30)12-11-24(28-29)22-10-5-7-19(13-22)15-26/h4-14,16H,1,17H2,2-3H3/b23-16+,27-18?. The van der Waals surface area contributed by atoms with E-state index in [1.807, 2.05) is 37.3 Å². The fourth-order valence-corrected chi connectivity index (χ4v) is 2.96. The second-order valence-electron chi connectivity index (χ2n) is 6.76. The monoisotopic (exact) mass is 410 g/mol. The van der Waals surface area contributed by atoms with Crippen molar-refractivity contribution in [2.24, 2.45) is 4.99 Å². The summed E-state index contributed by atoms with van der Waals surface area (Å²) in [6.07, 6.45) is 3.20. The second-order valence-corrected chi connectivity index (χ2v) is 6.76. The molecule has 0 aliphatic rings. The van der Waals surface area contributed by atoms with Crippen molar-refractivity contribution < 1.29 is 4.74 Å². The summed E-state index contributed by atoms with van der Waals surface area (Å²) in [5.41, 5.74) is 4.42. The molecule has 31 heavy (non-hydrogen) atoms. The van der Waals surface area contributed by atoms with Crippen LogP contribution in [0.25, 0.3) is 11.3 Å². The van der Waals surface area contributed by atoms with Crippen LogP contribution in [-0.4, -0.2) is 22.6 Å². The van der Waals surface area contributed by atoms with E-state index < -0.39 is 0 Å². The van der Waals surface area contributed by atoms with Gasteiger partial charge in [0, 0.05) is 17.3 Å². The SMILES string of the molecule is C=C/C(=C\N=C(C)c1cccc(Cn2nc(-c3cccc(C#N)c3)ccc2=O)c1)OC. The number of methoxy groups -OCH3 is 1. The Hall–Kier alpha value is -4.24. The average molecular weight is 410 g/mol. The Bertz CT molecular complexity index is 1260. The first kappa shape index (κ1) is 21.5. The number of allylic oxidation sites excluding steroid dienone is 1. The smallest absolute Gasteiger partial charge is 0.267 e. The molecule has 1 aromatic heterocycles. The molecule has 0 bridgehead atoms. The Morgan fingerprint density at radius 1 is 1.23 bits per heavy atom. The number of rotatable bonds is 7. The molecular formula is C25H22N4O2. The number of benzene rings is 2. The number of nitriles is 1. The molecule has 0 fully saturated rings. The zero-order chi connectivity index (χ0) is 22.2.